The van der Waals surface area contributed by atoms with E-state index in [0.29, 0.717) is 5.75 Å². The molecule has 0 aliphatic rings. The number of hydrogen-bond acceptors (Lipinski definition) is 3. The van der Waals surface area contributed by atoms with Crippen LogP contribution in [0.3, 0.4) is 0 Å². The van der Waals surface area contributed by atoms with Gasteiger partial charge in [-0.2, -0.15) is 0 Å². The quantitative estimate of drug-likeness (QED) is 0.837. The summed E-state index contributed by atoms with van der Waals surface area (Å²) >= 11 is -3.24. The molecule has 0 fully saturated rings. The standard InChI is InChI=1S/C12H9BrO3/c14-13(15)16-12-9-5-4-8-11(12)10-6-2-1-3-7-10/h1-9H. The second-order valence-corrected chi connectivity index (χ2v) is 4.25. The lowest BCUT2D eigenvalue weighted by Crippen LogP contribution is -2.36. The Balaban J connectivity index is 2.41. The fourth-order valence-corrected chi connectivity index (χ4v) is 2.03. The number of hydrogen-bond donors (Lipinski definition) is 0. The van der Waals surface area contributed by atoms with E-state index in [1.807, 2.05) is 42.5 Å². The number of halogens is 1. The first-order valence-electron chi connectivity index (χ1n) is 4.66. The summed E-state index contributed by atoms with van der Waals surface area (Å²) in [7, 11) is 0. The summed E-state index contributed by atoms with van der Waals surface area (Å²) in [5.41, 5.74) is 1.71. The van der Waals surface area contributed by atoms with Gasteiger partial charge in [0.25, 0.3) is 0 Å². The summed E-state index contributed by atoms with van der Waals surface area (Å²) < 4.78 is 26.0. The molecule has 4 heteroatoms. The Hall–Kier alpha value is -1.36. The molecule has 82 valence electrons. The van der Waals surface area contributed by atoms with Crippen molar-refractivity contribution in [3.63, 3.8) is 0 Å². The summed E-state index contributed by atoms with van der Waals surface area (Å²) in [4.78, 5) is 0. The molecule has 0 aliphatic heterocycles. The molecule has 0 unspecified atom stereocenters. The van der Waals surface area contributed by atoms with Crippen LogP contribution in [-0.4, -0.2) is 0 Å². The number of para-hydroxylation sites is 1. The van der Waals surface area contributed by atoms with Crippen molar-refractivity contribution in [3.05, 3.63) is 54.6 Å². The third-order valence-electron chi connectivity index (χ3n) is 2.12. The summed E-state index contributed by atoms with van der Waals surface area (Å²) in [6, 6.07) is 16.6. The number of benzene rings is 2. The second kappa shape index (κ2) is 5.12. The third kappa shape index (κ3) is 2.61. The van der Waals surface area contributed by atoms with Crippen LogP contribution in [-0.2, 0) is 0 Å². The molecule has 0 saturated heterocycles. The molecule has 16 heavy (non-hydrogen) atoms. The first-order valence-corrected chi connectivity index (χ1v) is 6.60. The van der Waals surface area contributed by atoms with E-state index in [2.05, 4.69) is 0 Å². The molecule has 0 spiro atoms. The van der Waals surface area contributed by atoms with E-state index in [9.17, 15) is 8.40 Å². The molecule has 0 saturated carbocycles. The molecule has 0 amide bonds. The Kier molecular flexibility index (Phi) is 3.56. The van der Waals surface area contributed by atoms with E-state index in [0.717, 1.165) is 11.1 Å². The fraction of sp³-hybridized carbons (Fsp3) is 0. The lowest BCUT2D eigenvalue weighted by atomic mass is 10.1. The highest BCUT2D eigenvalue weighted by Crippen LogP contribution is 2.29. The van der Waals surface area contributed by atoms with Crippen LogP contribution in [0.5, 0.6) is 5.75 Å². The van der Waals surface area contributed by atoms with E-state index >= 15 is 0 Å². The molecule has 3 nitrogen and oxygen atoms in total. The summed E-state index contributed by atoms with van der Waals surface area (Å²) in [5.74, 6) is 0.369. The molecule has 0 heterocycles. The first kappa shape index (κ1) is 11.1. The van der Waals surface area contributed by atoms with Crippen molar-refractivity contribution in [2.75, 3.05) is 0 Å². The van der Waals surface area contributed by atoms with E-state index in [4.69, 9.17) is 3.83 Å². The minimum absolute atomic E-state index is 0.369. The minimum atomic E-state index is -3.24. The lowest BCUT2D eigenvalue weighted by Gasteiger charge is -2.03. The Morgan fingerprint density at radius 3 is 2.12 bits per heavy atom. The van der Waals surface area contributed by atoms with Crippen molar-refractivity contribution in [2.24, 2.45) is 0 Å². The van der Waals surface area contributed by atoms with Gasteiger partial charge in [0.1, 0.15) is 0 Å². The van der Waals surface area contributed by atoms with Crippen molar-refractivity contribution in [1.82, 2.24) is 0 Å². The smallest absolute Gasteiger partial charge is 0.361 e. The Morgan fingerprint density at radius 2 is 1.44 bits per heavy atom. The van der Waals surface area contributed by atoms with Crippen molar-refractivity contribution in [1.29, 1.82) is 0 Å². The third-order valence-corrected chi connectivity index (χ3v) is 2.73. The van der Waals surface area contributed by atoms with E-state index in [1.54, 1.807) is 12.1 Å². The van der Waals surface area contributed by atoms with E-state index < -0.39 is 14.8 Å². The Bertz CT molecular complexity index is 457. The van der Waals surface area contributed by atoms with E-state index in [1.165, 1.54) is 0 Å². The summed E-state index contributed by atoms with van der Waals surface area (Å²) in [6.07, 6.45) is 0. The monoisotopic (exact) mass is 280 g/mol. The molecular formula is C12H9BrO3. The summed E-state index contributed by atoms with van der Waals surface area (Å²) in [6.45, 7) is 0. The van der Waals surface area contributed by atoms with Gasteiger partial charge in [-0.25, -0.2) is 0 Å². The molecule has 0 radical (unpaired) electrons. The Labute approximate surface area is 98.8 Å². The largest absolute Gasteiger partial charge is 0.501 e. The van der Waals surface area contributed by atoms with Gasteiger partial charge in [-0.05, 0) is 11.6 Å². The first-order chi connectivity index (χ1) is 7.77. The van der Waals surface area contributed by atoms with Crippen LogP contribution in [0.25, 0.3) is 11.1 Å². The molecule has 2 aromatic carbocycles. The molecule has 2 aromatic rings. The van der Waals surface area contributed by atoms with Gasteiger partial charge < -0.3 is 8.40 Å². The van der Waals surface area contributed by atoms with Crippen LogP contribution in [0.2, 0.25) is 0 Å². The van der Waals surface area contributed by atoms with Crippen LogP contribution in [0.15, 0.2) is 54.6 Å². The maximum Gasteiger partial charge on any atom is 0.501 e. The maximum absolute atomic E-state index is 10.6. The van der Waals surface area contributed by atoms with Gasteiger partial charge in [0.15, 0.2) is 0 Å². The molecule has 0 N–H and O–H groups in total. The molecule has 2 rings (SSSR count). The van der Waals surface area contributed by atoms with Crippen LogP contribution in [0, 0.1) is 14.8 Å². The molecular weight excluding hydrogens is 272 g/mol. The Morgan fingerprint density at radius 1 is 0.812 bits per heavy atom. The zero-order valence-electron chi connectivity index (χ0n) is 8.30. The van der Waals surface area contributed by atoms with E-state index in [-0.39, 0.29) is 0 Å². The van der Waals surface area contributed by atoms with Gasteiger partial charge in [0.2, 0.25) is 5.75 Å². The summed E-state index contributed by atoms with van der Waals surface area (Å²) in [5, 5.41) is 0. The van der Waals surface area contributed by atoms with Gasteiger partial charge >= 0.3 is 14.8 Å². The van der Waals surface area contributed by atoms with Crippen LogP contribution in [0.4, 0.5) is 0 Å². The zero-order valence-corrected chi connectivity index (χ0v) is 9.88. The van der Waals surface area contributed by atoms with Gasteiger partial charge in [-0.15, -0.1) is 3.83 Å². The van der Waals surface area contributed by atoms with Gasteiger partial charge in [0, 0.05) is 5.56 Å². The highest BCUT2D eigenvalue weighted by atomic mass is 80.0. The van der Waals surface area contributed by atoms with Crippen molar-refractivity contribution < 1.29 is 27.0 Å². The normalized spacial score (nSPS) is 10.4. The zero-order chi connectivity index (χ0) is 11.4. The van der Waals surface area contributed by atoms with Crippen molar-refractivity contribution in [2.45, 2.75) is 0 Å². The predicted octanol–water partition coefficient (Wildman–Crippen LogP) is 0.819. The van der Waals surface area contributed by atoms with Crippen molar-refractivity contribution >= 4 is 0 Å². The minimum Gasteiger partial charge on any atom is -0.361 e. The average molecular weight is 281 g/mol. The van der Waals surface area contributed by atoms with Gasteiger partial charge in [0.05, 0.1) is 0 Å². The lowest BCUT2D eigenvalue weighted by molar-refractivity contribution is -1.62. The predicted molar refractivity (Wildman–Crippen MR) is 52.5 cm³/mol. The number of rotatable bonds is 3. The topological polar surface area (TPSA) is 55.3 Å². The average Bonchev–Trinajstić information content (AvgIpc) is 2.30. The second-order valence-electron chi connectivity index (χ2n) is 3.13. The van der Waals surface area contributed by atoms with Crippen LogP contribution in [0.1, 0.15) is 0 Å². The fourth-order valence-electron chi connectivity index (χ4n) is 1.46. The maximum atomic E-state index is 10.6. The highest BCUT2D eigenvalue weighted by molar-refractivity contribution is 5.69. The highest BCUT2D eigenvalue weighted by Gasteiger charge is 2.17. The van der Waals surface area contributed by atoms with Gasteiger partial charge in [-0.3, -0.25) is 0 Å². The SMILES string of the molecule is [O-][Br+2]([O-])Oc1ccccc1-c1ccccc1. The van der Waals surface area contributed by atoms with Gasteiger partial charge in [-0.1, -0.05) is 48.5 Å². The molecule has 0 atom stereocenters. The van der Waals surface area contributed by atoms with Crippen LogP contribution < -0.4 is 12.2 Å². The van der Waals surface area contributed by atoms with Crippen LogP contribution >= 0.6 is 0 Å². The molecule has 0 aliphatic carbocycles. The molecule has 0 aromatic heterocycles. The molecule has 0 bridgehead atoms. The van der Waals surface area contributed by atoms with Crippen molar-refractivity contribution in [3.8, 4) is 16.9 Å².